The first-order valence-corrected chi connectivity index (χ1v) is 7.56. The summed E-state index contributed by atoms with van der Waals surface area (Å²) in [6.07, 6.45) is 2.18. The van der Waals surface area contributed by atoms with Crippen molar-refractivity contribution in [1.29, 1.82) is 0 Å². The largest absolute Gasteiger partial charge is 0.425 e. The molecule has 0 spiro atoms. The number of methoxy groups -OCH3 is 1. The Morgan fingerprint density at radius 3 is 2.52 bits per heavy atom. The van der Waals surface area contributed by atoms with Gasteiger partial charge in [0.2, 0.25) is 5.79 Å². The van der Waals surface area contributed by atoms with Crippen molar-refractivity contribution in [3.63, 3.8) is 0 Å². The second-order valence-corrected chi connectivity index (χ2v) is 7.30. The van der Waals surface area contributed by atoms with Crippen molar-refractivity contribution >= 4 is 5.97 Å². The molecule has 0 aromatic carbocycles. The number of fused-ring (bicyclic) bond motifs is 2. The minimum absolute atomic E-state index is 0.0240. The molecule has 3 rings (SSSR count). The summed E-state index contributed by atoms with van der Waals surface area (Å²) in [6, 6.07) is 0. The van der Waals surface area contributed by atoms with Crippen LogP contribution in [-0.4, -0.2) is 40.3 Å². The van der Waals surface area contributed by atoms with Crippen molar-refractivity contribution in [2.75, 3.05) is 7.11 Å². The predicted octanol–water partition coefficient (Wildman–Crippen LogP) is 1.52. The summed E-state index contributed by atoms with van der Waals surface area (Å²) in [5.74, 6) is -1.68. The molecule has 118 valence electrons. The lowest BCUT2D eigenvalue weighted by molar-refractivity contribution is -0.212. The molecule has 5 unspecified atom stereocenters. The molecule has 2 aliphatic carbocycles. The van der Waals surface area contributed by atoms with Gasteiger partial charge in [-0.15, -0.1) is 0 Å². The van der Waals surface area contributed by atoms with Gasteiger partial charge >= 0.3 is 5.97 Å². The molecule has 2 saturated carbocycles. The highest BCUT2D eigenvalue weighted by atomic mass is 16.7. The summed E-state index contributed by atoms with van der Waals surface area (Å²) in [5.41, 5.74) is -0.550. The molecule has 0 aromatic heterocycles. The quantitative estimate of drug-likeness (QED) is 0.718. The van der Waals surface area contributed by atoms with E-state index in [1.54, 1.807) is 13.8 Å². The lowest BCUT2D eigenvalue weighted by atomic mass is 9.76. The van der Waals surface area contributed by atoms with Gasteiger partial charge in [-0.25, -0.2) is 4.79 Å². The van der Waals surface area contributed by atoms with Crippen molar-refractivity contribution in [3.05, 3.63) is 11.1 Å². The molecule has 5 heteroatoms. The van der Waals surface area contributed by atoms with Gasteiger partial charge in [-0.05, 0) is 51.9 Å². The fourth-order valence-electron chi connectivity index (χ4n) is 4.58. The van der Waals surface area contributed by atoms with Crippen LogP contribution in [-0.2, 0) is 14.3 Å². The summed E-state index contributed by atoms with van der Waals surface area (Å²) >= 11 is 0. The Hall–Kier alpha value is -0.910. The van der Waals surface area contributed by atoms with Gasteiger partial charge < -0.3 is 19.7 Å². The van der Waals surface area contributed by atoms with Gasteiger partial charge in [0.1, 0.15) is 0 Å². The predicted molar refractivity (Wildman–Crippen MR) is 75.2 cm³/mol. The first kappa shape index (κ1) is 15.0. The van der Waals surface area contributed by atoms with Gasteiger partial charge in [0.15, 0.2) is 0 Å². The van der Waals surface area contributed by atoms with Crippen molar-refractivity contribution in [2.45, 2.75) is 63.4 Å². The topological polar surface area (TPSA) is 76.0 Å². The number of carbonyl (C=O) groups excluding carboxylic acids is 1. The van der Waals surface area contributed by atoms with Crippen LogP contribution in [0.5, 0.6) is 0 Å². The monoisotopic (exact) mass is 296 g/mol. The summed E-state index contributed by atoms with van der Waals surface area (Å²) < 4.78 is 11.0. The van der Waals surface area contributed by atoms with Crippen molar-refractivity contribution in [2.24, 2.45) is 11.8 Å². The number of rotatable bonds is 1. The lowest BCUT2D eigenvalue weighted by Crippen LogP contribution is -2.45. The first-order chi connectivity index (χ1) is 9.63. The average Bonchev–Trinajstić information content (AvgIpc) is 2.75. The van der Waals surface area contributed by atoms with Gasteiger partial charge in [0.05, 0.1) is 11.2 Å². The molecular weight excluding hydrogens is 272 g/mol. The maximum atomic E-state index is 12.0. The van der Waals surface area contributed by atoms with Gasteiger partial charge in [0, 0.05) is 24.7 Å². The van der Waals surface area contributed by atoms with E-state index in [4.69, 9.17) is 9.47 Å². The molecule has 1 aliphatic heterocycles. The number of hydrogen-bond acceptors (Lipinski definition) is 5. The van der Waals surface area contributed by atoms with Crippen LogP contribution in [0, 0.1) is 11.8 Å². The van der Waals surface area contributed by atoms with E-state index in [1.165, 1.54) is 7.11 Å². The van der Waals surface area contributed by atoms with E-state index >= 15 is 0 Å². The first-order valence-electron chi connectivity index (χ1n) is 7.56. The standard InChI is InChI=1S/C16H24O5/c1-9-11-7-12-10(5-6-14(12,2)18)15(3,19)8-16(11,20-4)21-13(9)17/h10,12,18-19H,5-8H2,1-4H3. The number of ether oxygens (including phenoxy) is 2. The zero-order valence-electron chi connectivity index (χ0n) is 13.1. The molecule has 5 nitrogen and oxygen atoms in total. The molecule has 5 atom stereocenters. The van der Waals surface area contributed by atoms with Crippen LogP contribution in [0.2, 0.25) is 0 Å². The van der Waals surface area contributed by atoms with Crippen LogP contribution in [0.1, 0.15) is 46.5 Å². The highest BCUT2D eigenvalue weighted by Gasteiger charge is 2.61. The van der Waals surface area contributed by atoms with E-state index in [-0.39, 0.29) is 18.3 Å². The highest BCUT2D eigenvalue weighted by molar-refractivity contribution is 5.92. The third kappa shape index (κ3) is 1.98. The third-order valence-corrected chi connectivity index (χ3v) is 5.87. The number of aliphatic hydroxyl groups is 2. The second kappa shape index (κ2) is 4.31. The van der Waals surface area contributed by atoms with Gasteiger partial charge in [0.25, 0.3) is 0 Å². The van der Waals surface area contributed by atoms with Crippen LogP contribution in [0.4, 0.5) is 0 Å². The molecule has 21 heavy (non-hydrogen) atoms. The number of hydrogen-bond donors (Lipinski definition) is 2. The molecular formula is C16H24O5. The number of esters is 1. The Balaban J connectivity index is 2.12. The van der Waals surface area contributed by atoms with E-state index in [9.17, 15) is 15.0 Å². The molecule has 3 aliphatic rings. The minimum Gasteiger partial charge on any atom is -0.425 e. The fraction of sp³-hybridized carbons (Fsp3) is 0.812. The minimum atomic E-state index is -1.18. The van der Waals surface area contributed by atoms with E-state index in [2.05, 4.69) is 0 Å². The van der Waals surface area contributed by atoms with E-state index < -0.39 is 23.0 Å². The Labute approximate surface area is 124 Å². The van der Waals surface area contributed by atoms with Crippen LogP contribution >= 0.6 is 0 Å². The van der Waals surface area contributed by atoms with Crippen LogP contribution in [0.25, 0.3) is 0 Å². The van der Waals surface area contributed by atoms with Crippen molar-refractivity contribution < 1.29 is 24.5 Å². The molecule has 0 bridgehead atoms. The summed E-state index contributed by atoms with van der Waals surface area (Å²) in [6.45, 7) is 5.31. The van der Waals surface area contributed by atoms with Crippen LogP contribution in [0.3, 0.4) is 0 Å². The van der Waals surface area contributed by atoms with Crippen LogP contribution < -0.4 is 0 Å². The SMILES string of the molecule is COC12CC(C)(O)C3CCC(C)(O)C3CC1=C(C)C(=O)O2. The molecule has 0 saturated heterocycles. The molecule has 0 aromatic rings. The Morgan fingerprint density at radius 1 is 1.24 bits per heavy atom. The van der Waals surface area contributed by atoms with Crippen molar-refractivity contribution in [3.8, 4) is 0 Å². The fourth-order valence-corrected chi connectivity index (χ4v) is 4.58. The van der Waals surface area contributed by atoms with Gasteiger partial charge in [-0.1, -0.05) is 0 Å². The van der Waals surface area contributed by atoms with Crippen molar-refractivity contribution in [1.82, 2.24) is 0 Å². The lowest BCUT2D eigenvalue weighted by Gasteiger charge is -2.37. The second-order valence-electron chi connectivity index (χ2n) is 7.30. The Kier molecular flexibility index (Phi) is 3.08. The van der Waals surface area contributed by atoms with Crippen LogP contribution in [0.15, 0.2) is 11.1 Å². The summed E-state index contributed by atoms with van der Waals surface area (Å²) in [5, 5.41) is 21.6. The molecule has 2 fully saturated rings. The zero-order chi connectivity index (χ0) is 15.6. The van der Waals surface area contributed by atoms with E-state index in [0.717, 1.165) is 12.0 Å². The van der Waals surface area contributed by atoms with E-state index in [1.807, 2.05) is 6.92 Å². The Bertz CT molecular complexity index is 519. The smallest absolute Gasteiger partial charge is 0.336 e. The van der Waals surface area contributed by atoms with E-state index in [0.29, 0.717) is 18.4 Å². The maximum absolute atomic E-state index is 12.0. The summed E-state index contributed by atoms with van der Waals surface area (Å²) in [4.78, 5) is 12.0. The highest BCUT2D eigenvalue weighted by Crippen LogP contribution is 2.56. The average molecular weight is 296 g/mol. The maximum Gasteiger partial charge on any atom is 0.336 e. The molecule has 2 N–H and O–H groups in total. The number of carbonyl (C=O) groups is 1. The Morgan fingerprint density at radius 2 is 1.90 bits per heavy atom. The summed E-state index contributed by atoms with van der Waals surface area (Å²) in [7, 11) is 1.50. The molecule has 1 heterocycles. The normalized spacial score (nSPS) is 49.7. The van der Waals surface area contributed by atoms with Gasteiger partial charge in [-0.2, -0.15) is 0 Å². The zero-order valence-corrected chi connectivity index (χ0v) is 13.1. The third-order valence-electron chi connectivity index (χ3n) is 5.87. The van der Waals surface area contributed by atoms with Gasteiger partial charge in [-0.3, -0.25) is 0 Å². The molecule has 0 amide bonds. The molecule has 0 radical (unpaired) electrons.